The van der Waals surface area contributed by atoms with Crippen molar-refractivity contribution in [1.29, 1.82) is 0 Å². The number of nitrogens with zero attached hydrogens (tertiary/aromatic N) is 4. The van der Waals surface area contributed by atoms with E-state index < -0.39 is 0 Å². The van der Waals surface area contributed by atoms with Crippen LogP contribution in [0.2, 0.25) is 0 Å². The quantitative estimate of drug-likeness (QED) is 0.790. The summed E-state index contributed by atoms with van der Waals surface area (Å²) >= 11 is 0. The van der Waals surface area contributed by atoms with Gasteiger partial charge in [0.1, 0.15) is 5.82 Å². The molecule has 0 radical (unpaired) electrons. The zero-order chi connectivity index (χ0) is 12.9. The molecule has 0 amide bonds. The topological polar surface area (TPSA) is 58.3 Å². The lowest BCUT2D eigenvalue weighted by atomic mass is 10.0. The van der Waals surface area contributed by atoms with Crippen LogP contribution in [0, 0.1) is 25.7 Å². The van der Waals surface area contributed by atoms with Gasteiger partial charge in [0.15, 0.2) is 0 Å². The second kappa shape index (κ2) is 4.09. The third kappa shape index (κ3) is 1.82. The number of anilines is 2. The highest BCUT2D eigenvalue weighted by atomic mass is 15.3. The van der Waals surface area contributed by atoms with Crippen LogP contribution >= 0.6 is 0 Å². The van der Waals surface area contributed by atoms with Crippen LogP contribution in [0.25, 0.3) is 0 Å². The number of rotatable bonds is 1. The molecule has 1 aromatic heterocycles. The molecule has 2 aliphatic heterocycles. The van der Waals surface area contributed by atoms with Crippen LogP contribution in [0.1, 0.15) is 11.3 Å². The molecule has 98 valence electrons. The number of fused-ring (bicyclic) bond motifs is 1. The van der Waals surface area contributed by atoms with Gasteiger partial charge in [-0.15, -0.1) is 0 Å². The van der Waals surface area contributed by atoms with Crippen molar-refractivity contribution in [1.82, 2.24) is 14.9 Å². The molecule has 2 N–H and O–H groups in total. The van der Waals surface area contributed by atoms with Gasteiger partial charge in [-0.2, -0.15) is 4.98 Å². The second-order valence-corrected chi connectivity index (χ2v) is 5.76. The van der Waals surface area contributed by atoms with Crippen molar-refractivity contribution in [2.75, 3.05) is 43.9 Å². The van der Waals surface area contributed by atoms with Gasteiger partial charge < -0.3 is 15.5 Å². The third-order valence-electron chi connectivity index (χ3n) is 4.35. The van der Waals surface area contributed by atoms with E-state index in [-0.39, 0.29) is 0 Å². The highest BCUT2D eigenvalue weighted by Gasteiger charge is 2.39. The maximum absolute atomic E-state index is 5.78. The Labute approximate surface area is 108 Å². The first kappa shape index (κ1) is 11.7. The minimum atomic E-state index is 0.391. The molecular formula is C13H21N5. The minimum absolute atomic E-state index is 0.391. The summed E-state index contributed by atoms with van der Waals surface area (Å²) in [7, 11) is 2.21. The number of aromatic nitrogens is 2. The lowest BCUT2D eigenvalue weighted by Crippen LogP contribution is -2.28. The van der Waals surface area contributed by atoms with E-state index in [1.54, 1.807) is 0 Å². The van der Waals surface area contributed by atoms with Crippen molar-refractivity contribution in [3.63, 3.8) is 0 Å². The number of nitrogen functional groups attached to an aromatic ring is 1. The standard InChI is InChI=1S/C13H21N5/c1-8-9(2)15-13(14)16-12(8)18-6-10-4-17(3)5-11(10)7-18/h10-11H,4-7H2,1-3H3,(H2,14,15,16). The summed E-state index contributed by atoms with van der Waals surface area (Å²) in [4.78, 5) is 13.5. The van der Waals surface area contributed by atoms with Crippen molar-refractivity contribution in [2.45, 2.75) is 13.8 Å². The monoisotopic (exact) mass is 247 g/mol. The Hall–Kier alpha value is -1.36. The van der Waals surface area contributed by atoms with Gasteiger partial charge in [-0.1, -0.05) is 0 Å². The van der Waals surface area contributed by atoms with Gasteiger partial charge in [0.05, 0.1) is 0 Å². The molecule has 2 aliphatic rings. The molecule has 2 fully saturated rings. The number of nitrogens with two attached hydrogens (primary N) is 1. The smallest absolute Gasteiger partial charge is 0.222 e. The Kier molecular flexibility index (Phi) is 2.66. The van der Waals surface area contributed by atoms with E-state index in [0.717, 1.165) is 42.0 Å². The van der Waals surface area contributed by atoms with Gasteiger partial charge in [-0.05, 0) is 32.7 Å². The fourth-order valence-electron chi connectivity index (χ4n) is 3.34. The van der Waals surface area contributed by atoms with Crippen molar-refractivity contribution in [2.24, 2.45) is 11.8 Å². The summed E-state index contributed by atoms with van der Waals surface area (Å²) in [5.74, 6) is 3.00. The maximum Gasteiger partial charge on any atom is 0.222 e. The molecule has 0 aromatic carbocycles. The van der Waals surface area contributed by atoms with Crippen molar-refractivity contribution in [3.8, 4) is 0 Å². The number of hydrogen-bond donors (Lipinski definition) is 1. The second-order valence-electron chi connectivity index (χ2n) is 5.76. The maximum atomic E-state index is 5.78. The summed E-state index contributed by atoms with van der Waals surface area (Å²) in [6.45, 7) is 8.71. The Morgan fingerprint density at radius 1 is 1.06 bits per heavy atom. The van der Waals surface area contributed by atoms with Crippen LogP contribution < -0.4 is 10.6 Å². The fourth-order valence-corrected chi connectivity index (χ4v) is 3.34. The molecule has 0 bridgehead atoms. The van der Waals surface area contributed by atoms with E-state index >= 15 is 0 Å². The van der Waals surface area contributed by atoms with Crippen molar-refractivity contribution in [3.05, 3.63) is 11.3 Å². The Morgan fingerprint density at radius 3 is 2.28 bits per heavy atom. The van der Waals surface area contributed by atoms with Gasteiger partial charge in [-0.3, -0.25) is 0 Å². The van der Waals surface area contributed by atoms with Crippen LogP contribution in [-0.4, -0.2) is 48.1 Å². The van der Waals surface area contributed by atoms with Crippen LogP contribution in [0.4, 0.5) is 11.8 Å². The van der Waals surface area contributed by atoms with Crippen LogP contribution in [-0.2, 0) is 0 Å². The molecular weight excluding hydrogens is 226 g/mol. The molecule has 3 heterocycles. The first-order valence-electron chi connectivity index (χ1n) is 6.59. The molecule has 5 heteroatoms. The van der Waals surface area contributed by atoms with E-state index in [1.807, 2.05) is 6.92 Å². The molecule has 0 aliphatic carbocycles. The summed E-state index contributed by atoms with van der Waals surface area (Å²) in [6, 6.07) is 0. The molecule has 0 saturated carbocycles. The summed E-state index contributed by atoms with van der Waals surface area (Å²) in [5, 5.41) is 0. The molecule has 1 aromatic rings. The molecule has 5 nitrogen and oxygen atoms in total. The van der Waals surface area contributed by atoms with Crippen molar-refractivity contribution < 1.29 is 0 Å². The Morgan fingerprint density at radius 2 is 1.67 bits per heavy atom. The van der Waals surface area contributed by atoms with Gasteiger partial charge in [-0.25, -0.2) is 4.98 Å². The average molecular weight is 247 g/mol. The van der Waals surface area contributed by atoms with E-state index in [4.69, 9.17) is 5.73 Å². The third-order valence-corrected chi connectivity index (χ3v) is 4.35. The predicted molar refractivity (Wildman–Crippen MR) is 72.6 cm³/mol. The van der Waals surface area contributed by atoms with Gasteiger partial charge in [0, 0.05) is 37.4 Å². The van der Waals surface area contributed by atoms with Crippen LogP contribution in [0.15, 0.2) is 0 Å². The highest BCUT2D eigenvalue weighted by Crippen LogP contribution is 2.34. The van der Waals surface area contributed by atoms with Gasteiger partial charge >= 0.3 is 0 Å². The zero-order valence-corrected chi connectivity index (χ0v) is 11.3. The molecule has 3 rings (SSSR count). The Bertz CT molecular complexity index is 459. The number of aryl methyl sites for hydroxylation is 1. The first-order valence-corrected chi connectivity index (χ1v) is 6.59. The Balaban J connectivity index is 1.85. The van der Waals surface area contributed by atoms with E-state index in [1.165, 1.54) is 13.1 Å². The number of likely N-dealkylation sites (tertiary alicyclic amines) is 1. The SMILES string of the molecule is Cc1nc(N)nc(N2CC3CN(C)CC3C2)c1C. The highest BCUT2D eigenvalue weighted by molar-refractivity contribution is 5.52. The largest absolute Gasteiger partial charge is 0.368 e. The predicted octanol–water partition coefficient (Wildman–Crippen LogP) is 0.673. The first-order chi connectivity index (χ1) is 8.54. The lowest BCUT2D eigenvalue weighted by Gasteiger charge is -2.22. The molecule has 2 atom stereocenters. The summed E-state index contributed by atoms with van der Waals surface area (Å²) in [5.41, 5.74) is 7.93. The van der Waals surface area contributed by atoms with Gasteiger partial charge in [0.25, 0.3) is 0 Å². The minimum Gasteiger partial charge on any atom is -0.368 e. The molecule has 18 heavy (non-hydrogen) atoms. The molecule has 0 spiro atoms. The summed E-state index contributed by atoms with van der Waals surface area (Å²) < 4.78 is 0. The zero-order valence-electron chi connectivity index (χ0n) is 11.3. The van der Waals surface area contributed by atoms with Crippen molar-refractivity contribution >= 4 is 11.8 Å². The van der Waals surface area contributed by atoms with E-state index in [9.17, 15) is 0 Å². The molecule has 2 unspecified atom stereocenters. The fraction of sp³-hybridized carbons (Fsp3) is 0.692. The van der Waals surface area contributed by atoms with Gasteiger partial charge in [0.2, 0.25) is 5.95 Å². The number of hydrogen-bond acceptors (Lipinski definition) is 5. The average Bonchev–Trinajstić information content (AvgIpc) is 2.80. The lowest BCUT2D eigenvalue weighted by molar-refractivity contribution is 0.387. The van der Waals surface area contributed by atoms with Crippen LogP contribution in [0.5, 0.6) is 0 Å². The normalized spacial score (nSPS) is 27.8. The molecule has 2 saturated heterocycles. The van der Waals surface area contributed by atoms with E-state index in [0.29, 0.717) is 5.95 Å². The van der Waals surface area contributed by atoms with E-state index in [2.05, 4.69) is 33.7 Å². The van der Waals surface area contributed by atoms with Crippen LogP contribution in [0.3, 0.4) is 0 Å². The summed E-state index contributed by atoms with van der Waals surface area (Å²) in [6.07, 6.45) is 0.